The second-order valence-electron chi connectivity index (χ2n) is 5.63. The first kappa shape index (κ1) is 22.7. The van der Waals surface area contributed by atoms with E-state index in [1.165, 1.54) is 5.56 Å². The Bertz CT molecular complexity index is 477. The highest BCUT2D eigenvalue weighted by Crippen LogP contribution is 2.26. The minimum absolute atomic E-state index is 0. The van der Waals surface area contributed by atoms with E-state index in [9.17, 15) is 4.79 Å². The summed E-state index contributed by atoms with van der Waals surface area (Å²) in [7, 11) is 0. The molecular weight excluding hydrogens is 401 g/mol. The molecule has 1 unspecified atom stereocenters. The third kappa shape index (κ3) is 5.91. The normalized spacial score (nSPS) is 17.7. The second kappa shape index (κ2) is 10.5. The van der Waals surface area contributed by atoms with Crippen LogP contribution in [0.25, 0.3) is 0 Å². The maximum absolute atomic E-state index is 11.9. The number of amides is 1. The zero-order chi connectivity index (χ0) is 15.4. The lowest BCUT2D eigenvalue weighted by Crippen LogP contribution is -2.53. The van der Waals surface area contributed by atoms with Crippen molar-refractivity contribution in [3.63, 3.8) is 0 Å². The fourth-order valence-corrected chi connectivity index (χ4v) is 3.20. The molecule has 2 N–H and O–H groups in total. The predicted octanol–water partition coefficient (Wildman–Crippen LogP) is 3.24. The number of rotatable bonds is 4. The number of carbonyl (C=O) groups is 1. The second-order valence-corrected chi connectivity index (χ2v) is 6.54. The molecule has 4 nitrogen and oxygen atoms in total. The summed E-state index contributed by atoms with van der Waals surface area (Å²) in [5.74, 6) is 0.0614. The number of nitrogens with two attached hydrogens (primary N) is 1. The van der Waals surface area contributed by atoms with E-state index >= 15 is 0 Å². The van der Waals surface area contributed by atoms with E-state index in [0.717, 1.165) is 37.1 Å². The first-order chi connectivity index (χ1) is 10.0. The molecule has 23 heavy (non-hydrogen) atoms. The third-order valence-corrected chi connectivity index (χ3v) is 4.63. The Kier molecular flexibility index (Phi) is 10.4. The summed E-state index contributed by atoms with van der Waals surface area (Å²) in [5.41, 5.74) is 7.02. The molecule has 1 saturated heterocycles. The summed E-state index contributed by atoms with van der Waals surface area (Å²) < 4.78 is 1.11. The van der Waals surface area contributed by atoms with Crippen LogP contribution in [0, 0.1) is 0 Å². The number of nitrogens with zero attached hydrogens (tertiary/aromatic N) is 2. The van der Waals surface area contributed by atoms with Gasteiger partial charge in [-0.1, -0.05) is 35.0 Å². The number of carbonyl (C=O) groups excluding carboxylic acids is 1. The standard InChI is InChI=1S/C16H24BrN3O.2ClH/c1-3-15(13-4-6-14(17)7-5-13)19-8-10-20(11-9-19)16(21)12(2)18;;/h4-7,12,15H,3,8-11,18H2,1-2H3;2*1H/t12-,15?;;/m1../s1. The van der Waals surface area contributed by atoms with Crippen molar-refractivity contribution in [2.45, 2.75) is 32.4 Å². The van der Waals surface area contributed by atoms with Gasteiger partial charge >= 0.3 is 0 Å². The lowest BCUT2D eigenvalue weighted by Gasteiger charge is -2.39. The van der Waals surface area contributed by atoms with Gasteiger partial charge in [-0.3, -0.25) is 9.69 Å². The summed E-state index contributed by atoms with van der Waals surface area (Å²) in [4.78, 5) is 16.3. The van der Waals surface area contributed by atoms with Crippen LogP contribution in [0.2, 0.25) is 0 Å². The van der Waals surface area contributed by atoms with E-state index in [1.807, 2.05) is 4.90 Å². The fraction of sp³-hybridized carbons (Fsp3) is 0.562. The molecule has 2 atom stereocenters. The summed E-state index contributed by atoms with van der Waals surface area (Å²) in [6.07, 6.45) is 1.07. The summed E-state index contributed by atoms with van der Waals surface area (Å²) in [5, 5.41) is 0. The predicted molar refractivity (Wildman–Crippen MR) is 103 cm³/mol. The van der Waals surface area contributed by atoms with Crippen LogP contribution >= 0.6 is 40.7 Å². The molecular formula is C16H26BrCl2N3O. The monoisotopic (exact) mass is 425 g/mol. The van der Waals surface area contributed by atoms with Crippen LogP contribution in [0.4, 0.5) is 0 Å². The average Bonchev–Trinajstić information content (AvgIpc) is 2.50. The first-order valence-corrected chi connectivity index (χ1v) is 8.36. The third-order valence-electron chi connectivity index (χ3n) is 4.10. The van der Waals surface area contributed by atoms with Crippen molar-refractivity contribution in [1.29, 1.82) is 0 Å². The molecule has 1 fully saturated rings. The highest BCUT2D eigenvalue weighted by Gasteiger charge is 2.27. The van der Waals surface area contributed by atoms with Gasteiger partial charge in [0.05, 0.1) is 6.04 Å². The van der Waals surface area contributed by atoms with Crippen molar-refractivity contribution < 1.29 is 4.79 Å². The molecule has 0 saturated carbocycles. The van der Waals surface area contributed by atoms with Gasteiger partial charge in [0.2, 0.25) is 5.91 Å². The average molecular weight is 427 g/mol. The van der Waals surface area contributed by atoms with E-state index in [1.54, 1.807) is 6.92 Å². The van der Waals surface area contributed by atoms with E-state index in [4.69, 9.17) is 5.73 Å². The molecule has 0 spiro atoms. The smallest absolute Gasteiger partial charge is 0.239 e. The van der Waals surface area contributed by atoms with Gasteiger partial charge in [0.25, 0.3) is 0 Å². The van der Waals surface area contributed by atoms with Crippen LogP contribution in [0.1, 0.15) is 31.9 Å². The lowest BCUT2D eigenvalue weighted by atomic mass is 10.0. The van der Waals surface area contributed by atoms with Crippen LogP contribution in [0.5, 0.6) is 0 Å². The minimum atomic E-state index is -0.398. The minimum Gasteiger partial charge on any atom is -0.339 e. The summed E-state index contributed by atoms with van der Waals surface area (Å²) >= 11 is 3.48. The molecule has 0 aliphatic carbocycles. The van der Waals surface area contributed by atoms with Gasteiger partial charge in [0, 0.05) is 36.7 Å². The van der Waals surface area contributed by atoms with Crippen LogP contribution in [-0.2, 0) is 4.79 Å². The van der Waals surface area contributed by atoms with Gasteiger partial charge in [-0.05, 0) is 31.0 Å². The maximum atomic E-state index is 11.9. The van der Waals surface area contributed by atoms with Gasteiger partial charge in [0.15, 0.2) is 0 Å². The number of hydrogen-bond acceptors (Lipinski definition) is 3. The first-order valence-electron chi connectivity index (χ1n) is 7.56. The van der Waals surface area contributed by atoms with Crippen molar-refractivity contribution >= 4 is 46.7 Å². The van der Waals surface area contributed by atoms with Gasteiger partial charge in [0.1, 0.15) is 0 Å². The van der Waals surface area contributed by atoms with Gasteiger partial charge < -0.3 is 10.6 Å². The quantitative estimate of drug-likeness (QED) is 0.803. The van der Waals surface area contributed by atoms with Crippen molar-refractivity contribution in [3.8, 4) is 0 Å². The highest BCUT2D eigenvalue weighted by molar-refractivity contribution is 9.10. The van der Waals surface area contributed by atoms with Crippen LogP contribution < -0.4 is 5.73 Å². The lowest BCUT2D eigenvalue weighted by molar-refractivity contribution is -0.134. The highest BCUT2D eigenvalue weighted by atomic mass is 79.9. The molecule has 1 heterocycles. The Morgan fingerprint density at radius 3 is 2.13 bits per heavy atom. The van der Waals surface area contributed by atoms with Gasteiger partial charge in [-0.2, -0.15) is 0 Å². The summed E-state index contributed by atoms with van der Waals surface area (Å²) in [6, 6.07) is 8.56. The molecule has 1 amide bonds. The van der Waals surface area contributed by atoms with Crippen molar-refractivity contribution in [3.05, 3.63) is 34.3 Å². The molecule has 2 rings (SSSR count). The molecule has 1 aromatic carbocycles. The molecule has 132 valence electrons. The molecule has 7 heteroatoms. The van der Waals surface area contributed by atoms with E-state index in [-0.39, 0.29) is 30.7 Å². The maximum Gasteiger partial charge on any atom is 0.239 e. The molecule has 1 aliphatic heterocycles. The van der Waals surface area contributed by atoms with Crippen molar-refractivity contribution in [1.82, 2.24) is 9.80 Å². The number of hydrogen-bond donors (Lipinski definition) is 1. The Hall–Kier alpha value is -0.330. The molecule has 0 radical (unpaired) electrons. The Morgan fingerprint density at radius 2 is 1.70 bits per heavy atom. The zero-order valence-electron chi connectivity index (χ0n) is 13.6. The Balaban J connectivity index is 0.00000242. The summed E-state index contributed by atoms with van der Waals surface area (Å²) in [6.45, 7) is 7.33. The van der Waals surface area contributed by atoms with Crippen molar-refractivity contribution in [2.24, 2.45) is 5.73 Å². The fourth-order valence-electron chi connectivity index (χ4n) is 2.93. The van der Waals surface area contributed by atoms with E-state index in [0.29, 0.717) is 6.04 Å². The molecule has 0 aromatic heterocycles. The Morgan fingerprint density at radius 1 is 1.17 bits per heavy atom. The molecule has 1 aliphatic rings. The van der Waals surface area contributed by atoms with E-state index in [2.05, 4.69) is 52.0 Å². The number of piperazine rings is 1. The van der Waals surface area contributed by atoms with Gasteiger partial charge in [-0.15, -0.1) is 24.8 Å². The molecule has 1 aromatic rings. The number of benzene rings is 1. The van der Waals surface area contributed by atoms with Gasteiger partial charge in [-0.25, -0.2) is 0 Å². The SMILES string of the molecule is CCC(c1ccc(Br)cc1)N1CCN(C(=O)[C@@H](C)N)CC1.Cl.Cl. The topological polar surface area (TPSA) is 49.6 Å². The van der Waals surface area contributed by atoms with E-state index < -0.39 is 6.04 Å². The van der Waals surface area contributed by atoms with Crippen molar-refractivity contribution in [2.75, 3.05) is 26.2 Å². The Labute approximate surface area is 159 Å². The zero-order valence-corrected chi connectivity index (χ0v) is 16.8. The molecule has 0 bridgehead atoms. The van der Waals surface area contributed by atoms with Crippen LogP contribution in [0.3, 0.4) is 0 Å². The van der Waals surface area contributed by atoms with Crippen LogP contribution in [0.15, 0.2) is 28.7 Å². The van der Waals surface area contributed by atoms with Crippen LogP contribution in [-0.4, -0.2) is 47.9 Å². The number of halogens is 3. The largest absolute Gasteiger partial charge is 0.339 e.